The third-order valence-corrected chi connectivity index (χ3v) is 3.46. The van der Waals surface area contributed by atoms with Crippen LogP contribution in [0.5, 0.6) is 0 Å². The van der Waals surface area contributed by atoms with Crippen molar-refractivity contribution in [3.63, 3.8) is 0 Å². The molecule has 114 valence electrons. The van der Waals surface area contributed by atoms with E-state index in [9.17, 15) is 9.90 Å². The molecule has 3 aromatic rings. The molecule has 0 spiro atoms. The first kappa shape index (κ1) is 14.3. The Morgan fingerprint density at radius 3 is 2.91 bits per heavy atom. The fourth-order valence-corrected chi connectivity index (χ4v) is 2.22. The van der Waals surface area contributed by atoms with E-state index in [1.165, 1.54) is 6.26 Å². The van der Waals surface area contributed by atoms with Gasteiger partial charge in [-0.2, -0.15) is 0 Å². The molecule has 0 aliphatic heterocycles. The van der Waals surface area contributed by atoms with Crippen LogP contribution in [0.25, 0.3) is 11.0 Å². The Bertz CT molecular complexity index is 774. The first-order chi connectivity index (χ1) is 10.6. The molecule has 0 saturated carbocycles. The molecule has 2 aromatic heterocycles. The molecule has 0 aliphatic rings. The molecule has 0 radical (unpaired) electrons. The summed E-state index contributed by atoms with van der Waals surface area (Å²) in [4.78, 5) is 12.0. The predicted molar refractivity (Wildman–Crippen MR) is 79.0 cm³/mol. The lowest BCUT2D eigenvalue weighted by Crippen LogP contribution is -2.39. The number of para-hydroxylation sites is 1. The van der Waals surface area contributed by atoms with E-state index in [-0.39, 0.29) is 18.9 Å². The highest BCUT2D eigenvalue weighted by atomic mass is 16.5. The topological polar surface area (TPSA) is 88.5 Å². The lowest BCUT2D eigenvalue weighted by Gasteiger charge is -2.20. The molecule has 1 atom stereocenters. The van der Waals surface area contributed by atoms with Crippen molar-refractivity contribution in [2.75, 3.05) is 6.54 Å². The number of fused-ring (bicyclic) bond motifs is 1. The average Bonchev–Trinajstić information content (AvgIpc) is 3.16. The maximum absolute atomic E-state index is 12.0. The number of carbonyl (C=O) groups is 1. The quantitative estimate of drug-likeness (QED) is 0.752. The molecule has 0 fully saturated rings. The summed E-state index contributed by atoms with van der Waals surface area (Å²) in [6.07, 6.45) is 1.57. The highest BCUT2D eigenvalue weighted by Gasteiger charge is 2.27. The second-order valence-electron chi connectivity index (χ2n) is 5.33. The maximum atomic E-state index is 12.0. The fourth-order valence-electron chi connectivity index (χ4n) is 2.22. The van der Waals surface area contributed by atoms with Gasteiger partial charge >= 0.3 is 0 Å². The van der Waals surface area contributed by atoms with Gasteiger partial charge in [-0.05, 0) is 31.2 Å². The van der Waals surface area contributed by atoms with Gasteiger partial charge in [-0.15, -0.1) is 0 Å². The molecule has 3 rings (SSSR count). The summed E-state index contributed by atoms with van der Waals surface area (Å²) in [5.41, 5.74) is -0.0379. The van der Waals surface area contributed by atoms with Crippen molar-refractivity contribution in [1.29, 1.82) is 0 Å². The van der Waals surface area contributed by atoms with E-state index in [2.05, 4.69) is 10.5 Å². The van der Waals surface area contributed by atoms with E-state index in [0.29, 0.717) is 17.0 Å². The van der Waals surface area contributed by atoms with Crippen molar-refractivity contribution in [1.82, 2.24) is 10.5 Å². The zero-order chi connectivity index (χ0) is 15.6. The van der Waals surface area contributed by atoms with Crippen LogP contribution in [0.4, 0.5) is 0 Å². The molecular weight excluding hydrogens is 284 g/mol. The summed E-state index contributed by atoms with van der Waals surface area (Å²) < 4.78 is 10.3. The molecule has 2 N–H and O–H groups in total. The molecular formula is C16H16N2O4. The van der Waals surface area contributed by atoms with Gasteiger partial charge in [0.15, 0.2) is 5.58 Å². The van der Waals surface area contributed by atoms with E-state index < -0.39 is 5.60 Å². The number of aliphatic hydroxyl groups is 1. The Kier molecular flexibility index (Phi) is 3.68. The minimum atomic E-state index is -1.26. The summed E-state index contributed by atoms with van der Waals surface area (Å²) in [6.45, 7) is 1.63. The van der Waals surface area contributed by atoms with Crippen LogP contribution in [0, 0.1) is 0 Å². The molecule has 1 amide bonds. The van der Waals surface area contributed by atoms with E-state index in [4.69, 9.17) is 8.94 Å². The van der Waals surface area contributed by atoms with Gasteiger partial charge < -0.3 is 19.4 Å². The Labute approximate surface area is 126 Å². The van der Waals surface area contributed by atoms with Crippen LogP contribution >= 0.6 is 0 Å². The highest BCUT2D eigenvalue weighted by molar-refractivity contribution is 5.86. The van der Waals surface area contributed by atoms with Crippen molar-refractivity contribution in [2.24, 2.45) is 0 Å². The van der Waals surface area contributed by atoms with Crippen molar-refractivity contribution < 1.29 is 18.8 Å². The lowest BCUT2D eigenvalue weighted by atomic mass is 10.0. The third-order valence-electron chi connectivity index (χ3n) is 3.46. The Morgan fingerprint density at radius 1 is 1.32 bits per heavy atom. The highest BCUT2D eigenvalue weighted by Crippen LogP contribution is 2.20. The van der Waals surface area contributed by atoms with E-state index in [1.54, 1.807) is 25.1 Å². The standard InChI is InChI=1S/C16H16N2O4/c1-16(20,14-7-4-8-21-14)10-17-15(19)9-12-11-5-2-3-6-13(11)22-18-12/h2-8,20H,9-10H2,1H3,(H,17,19). The Balaban J connectivity index is 1.63. The average molecular weight is 300 g/mol. The number of hydrogen-bond donors (Lipinski definition) is 2. The summed E-state index contributed by atoms with van der Waals surface area (Å²) in [5, 5.41) is 17.7. The summed E-state index contributed by atoms with van der Waals surface area (Å²) in [6, 6.07) is 10.7. The van der Waals surface area contributed by atoms with Gasteiger partial charge in [-0.3, -0.25) is 4.79 Å². The van der Waals surface area contributed by atoms with Crippen molar-refractivity contribution in [3.05, 3.63) is 54.1 Å². The van der Waals surface area contributed by atoms with Crippen LogP contribution < -0.4 is 5.32 Å². The zero-order valence-electron chi connectivity index (χ0n) is 12.1. The number of benzene rings is 1. The van der Waals surface area contributed by atoms with Gasteiger partial charge in [0.25, 0.3) is 0 Å². The molecule has 6 nitrogen and oxygen atoms in total. The second kappa shape index (κ2) is 5.65. The number of rotatable bonds is 5. The molecule has 0 saturated heterocycles. The van der Waals surface area contributed by atoms with Crippen molar-refractivity contribution >= 4 is 16.9 Å². The van der Waals surface area contributed by atoms with Gasteiger partial charge in [0, 0.05) is 5.39 Å². The van der Waals surface area contributed by atoms with Crippen molar-refractivity contribution in [2.45, 2.75) is 18.9 Å². The number of aromatic nitrogens is 1. The monoisotopic (exact) mass is 300 g/mol. The minimum Gasteiger partial charge on any atom is -0.466 e. The number of hydrogen-bond acceptors (Lipinski definition) is 5. The van der Waals surface area contributed by atoms with E-state index in [1.807, 2.05) is 18.2 Å². The Hall–Kier alpha value is -2.60. The van der Waals surface area contributed by atoms with Gasteiger partial charge in [-0.1, -0.05) is 17.3 Å². The molecule has 6 heteroatoms. The molecule has 1 unspecified atom stereocenters. The third kappa shape index (κ3) is 2.87. The van der Waals surface area contributed by atoms with Gasteiger partial charge in [0.2, 0.25) is 5.91 Å². The first-order valence-electron chi connectivity index (χ1n) is 6.92. The van der Waals surface area contributed by atoms with Crippen LogP contribution in [0.3, 0.4) is 0 Å². The SMILES string of the molecule is CC(O)(CNC(=O)Cc1noc2ccccc12)c1ccco1. The largest absolute Gasteiger partial charge is 0.466 e. The number of nitrogens with one attached hydrogen (secondary N) is 1. The zero-order valence-corrected chi connectivity index (χ0v) is 12.1. The van der Waals surface area contributed by atoms with Gasteiger partial charge in [0.1, 0.15) is 17.1 Å². The number of amides is 1. The summed E-state index contributed by atoms with van der Waals surface area (Å²) >= 11 is 0. The minimum absolute atomic E-state index is 0.0507. The van der Waals surface area contributed by atoms with Gasteiger partial charge in [0.05, 0.1) is 19.2 Å². The fraction of sp³-hybridized carbons (Fsp3) is 0.250. The molecule has 0 bridgehead atoms. The summed E-state index contributed by atoms with van der Waals surface area (Å²) in [7, 11) is 0. The molecule has 0 aliphatic carbocycles. The van der Waals surface area contributed by atoms with Crippen LogP contribution in [-0.4, -0.2) is 22.7 Å². The lowest BCUT2D eigenvalue weighted by molar-refractivity contribution is -0.121. The van der Waals surface area contributed by atoms with Crippen LogP contribution in [0.1, 0.15) is 18.4 Å². The van der Waals surface area contributed by atoms with Gasteiger partial charge in [-0.25, -0.2) is 0 Å². The maximum Gasteiger partial charge on any atom is 0.226 e. The summed E-state index contributed by atoms with van der Waals surface area (Å²) in [5.74, 6) is 0.158. The molecule has 1 aromatic carbocycles. The van der Waals surface area contributed by atoms with Crippen LogP contribution in [0.15, 0.2) is 51.6 Å². The number of carbonyl (C=O) groups excluding carboxylic acids is 1. The second-order valence-corrected chi connectivity index (χ2v) is 5.33. The normalized spacial score (nSPS) is 13.9. The van der Waals surface area contributed by atoms with Crippen molar-refractivity contribution in [3.8, 4) is 0 Å². The number of furan rings is 1. The predicted octanol–water partition coefficient (Wildman–Crippen LogP) is 1.99. The van der Waals surface area contributed by atoms with Crippen LogP contribution in [-0.2, 0) is 16.8 Å². The Morgan fingerprint density at radius 2 is 2.14 bits per heavy atom. The number of nitrogens with zero attached hydrogens (tertiary/aromatic N) is 1. The first-order valence-corrected chi connectivity index (χ1v) is 6.92. The van der Waals surface area contributed by atoms with E-state index in [0.717, 1.165) is 5.39 Å². The molecule has 2 heterocycles. The van der Waals surface area contributed by atoms with E-state index >= 15 is 0 Å². The molecule has 22 heavy (non-hydrogen) atoms. The smallest absolute Gasteiger partial charge is 0.226 e. The van der Waals surface area contributed by atoms with Crippen LogP contribution in [0.2, 0.25) is 0 Å².